The molecule has 0 aliphatic rings. The number of halogens is 4. The molecule has 0 spiro atoms. The number of amides is 1. The zero-order chi connectivity index (χ0) is 16.2. The quantitative estimate of drug-likeness (QED) is 0.659. The fourth-order valence-electron chi connectivity index (χ4n) is 1.63. The standard InChI is InChI=1S/C12H14F3N3O3.ClH/c1-16-5-6-17(2)11(19)9-4-3-8(12(13,14)15)7-10(9)18(20)21;/h3-4,7,16H,5-6H2,1-2H3;1H. The van der Waals surface area contributed by atoms with Crippen LogP contribution in [0.5, 0.6) is 0 Å². The minimum absolute atomic E-state index is 0. The van der Waals surface area contributed by atoms with Gasteiger partial charge in [0.1, 0.15) is 5.56 Å². The van der Waals surface area contributed by atoms with Crippen molar-refractivity contribution in [2.45, 2.75) is 6.18 Å². The van der Waals surface area contributed by atoms with Crippen LogP contribution in [-0.2, 0) is 6.18 Å². The molecule has 10 heteroatoms. The first-order valence-corrected chi connectivity index (χ1v) is 5.94. The Balaban J connectivity index is 0.00000441. The monoisotopic (exact) mass is 341 g/mol. The Morgan fingerprint density at radius 1 is 1.41 bits per heavy atom. The molecule has 0 aromatic heterocycles. The molecule has 0 saturated carbocycles. The summed E-state index contributed by atoms with van der Waals surface area (Å²) >= 11 is 0. The van der Waals surface area contributed by atoms with E-state index in [1.54, 1.807) is 7.05 Å². The smallest absolute Gasteiger partial charge is 0.340 e. The van der Waals surface area contributed by atoms with E-state index in [1.165, 1.54) is 11.9 Å². The summed E-state index contributed by atoms with van der Waals surface area (Å²) in [6, 6.07) is 1.87. The molecule has 1 amide bonds. The maximum Gasteiger partial charge on any atom is 0.416 e. The number of nitro groups is 1. The molecule has 0 bridgehead atoms. The molecule has 0 fully saturated rings. The minimum Gasteiger partial charge on any atom is -0.340 e. The fourth-order valence-corrected chi connectivity index (χ4v) is 1.63. The van der Waals surface area contributed by atoms with E-state index in [-0.39, 0.29) is 24.5 Å². The van der Waals surface area contributed by atoms with Gasteiger partial charge in [-0.1, -0.05) is 0 Å². The number of carbonyl (C=O) groups excluding carboxylic acids is 1. The SMILES string of the molecule is CNCCN(C)C(=O)c1ccc(C(F)(F)F)cc1[N+](=O)[O-].Cl. The highest BCUT2D eigenvalue weighted by molar-refractivity contribution is 5.98. The number of nitrogens with one attached hydrogen (secondary N) is 1. The first kappa shape index (κ1) is 20.1. The van der Waals surface area contributed by atoms with E-state index in [0.29, 0.717) is 18.7 Å². The van der Waals surface area contributed by atoms with E-state index >= 15 is 0 Å². The van der Waals surface area contributed by atoms with Gasteiger partial charge in [0.15, 0.2) is 0 Å². The van der Waals surface area contributed by atoms with Gasteiger partial charge in [0.25, 0.3) is 11.6 Å². The van der Waals surface area contributed by atoms with Crippen LogP contribution in [0.25, 0.3) is 0 Å². The summed E-state index contributed by atoms with van der Waals surface area (Å²) in [6.07, 6.45) is -4.70. The molecule has 0 unspecified atom stereocenters. The average Bonchev–Trinajstić information content (AvgIpc) is 2.42. The van der Waals surface area contributed by atoms with E-state index in [0.717, 1.165) is 6.07 Å². The lowest BCUT2D eigenvalue weighted by atomic mass is 10.1. The number of hydrogen-bond donors (Lipinski definition) is 1. The summed E-state index contributed by atoms with van der Waals surface area (Å²) in [6.45, 7) is 0.726. The van der Waals surface area contributed by atoms with E-state index < -0.39 is 28.3 Å². The Labute approximate surface area is 130 Å². The average molecular weight is 342 g/mol. The highest BCUT2D eigenvalue weighted by Crippen LogP contribution is 2.33. The molecule has 0 aliphatic heterocycles. The normalized spacial score (nSPS) is 10.8. The van der Waals surface area contributed by atoms with E-state index in [9.17, 15) is 28.1 Å². The van der Waals surface area contributed by atoms with E-state index in [1.807, 2.05) is 0 Å². The summed E-state index contributed by atoms with van der Waals surface area (Å²) in [7, 11) is 3.08. The van der Waals surface area contributed by atoms with Gasteiger partial charge in [-0.05, 0) is 19.2 Å². The van der Waals surface area contributed by atoms with Crippen molar-refractivity contribution in [1.29, 1.82) is 0 Å². The Morgan fingerprint density at radius 3 is 2.45 bits per heavy atom. The van der Waals surface area contributed by atoms with Gasteiger partial charge in [0.05, 0.1) is 10.5 Å². The van der Waals surface area contributed by atoms with Crippen molar-refractivity contribution in [2.24, 2.45) is 0 Å². The Bertz CT molecular complexity index is 552. The van der Waals surface area contributed by atoms with E-state index in [2.05, 4.69) is 5.32 Å². The molecule has 1 aromatic carbocycles. The number of carbonyl (C=O) groups is 1. The second-order valence-corrected chi connectivity index (χ2v) is 4.32. The molecule has 0 atom stereocenters. The summed E-state index contributed by atoms with van der Waals surface area (Å²) in [5, 5.41) is 13.7. The molecule has 1 aromatic rings. The van der Waals surface area contributed by atoms with E-state index in [4.69, 9.17) is 0 Å². The minimum atomic E-state index is -4.70. The Kier molecular flexibility index (Phi) is 7.27. The second kappa shape index (κ2) is 7.95. The number of hydrogen-bond acceptors (Lipinski definition) is 4. The highest BCUT2D eigenvalue weighted by atomic mass is 35.5. The third-order valence-electron chi connectivity index (χ3n) is 2.80. The molecule has 1 rings (SSSR count). The van der Waals surface area contributed by atoms with Gasteiger partial charge in [-0.2, -0.15) is 13.2 Å². The molecule has 6 nitrogen and oxygen atoms in total. The molecular formula is C12H15ClF3N3O3. The zero-order valence-electron chi connectivity index (χ0n) is 11.8. The number of rotatable bonds is 5. The third kappa shape index (κ3) is 4.85. The predicted octanol–water partition coefficient (Wildman–Crippen LogP) is 2.33. The van der Waals surface area contributed by atoms with Crippen molar-refractivity contribution >= 4 is 24.0 Å². The van der Waals surface area contributed by atoms with Gasteiger partial charge in [-0.3, -0.25) is 14.9 Å². The topological polar surface area (TPSA) is 75.5 Å². The molecule has 1 N–H and O–H groups in total. The fraction of sp³-hybridized carbons (Fsp3) is 0.417. The lowest BCUT2D eigenvalue weighted by molar-refractivity contribution is -0.385. The third-order valence-corrected chi connectivity index (χ3v) is 2.80. The number of nitrogens with zero attached hydrogens (tertiary/aromatic N) is 2. The van der Waals surface area contributed by atoms with Gasteiger partial charge in [-0.25, -0.2) is 0 Å². The van der Waals surface area contributed by atoms with Crippen molar-refractivity contribution in [2.75, 3.05) is 27.2 Å². The van der Waals surface area contributed by atoms with Gasteiger partial charge in [-0.15, -0.1) is 12.4 Å². The number of benzene rings is 1. The van der Waals surface area contributed by atoms with Gasteiger partial charge < -0.3 is 10.2 Å². The summed E-state index contributed by atoms with van der Waals surface area (Å²) < 4.78 is 37.7. The molecule has 124 valence electrons. The lowest BCUT2D eigenvalue weighted by Crippen LogP contribution is -2.33. The molecule has 0 aliphatic carbocycles. The van der Waals surface area contributed by atoms with Crippen LogP contribution in [0.2, 0.25) is 0 Å². The number of nitro benzene ring substituents is 1. The van der Waals surface area contributed by atoms with Crippen LogP contribution in [-0.4, -0.2) is 42.9 Å². The summed E-state index contributed by atoms with van der Waals surface area (Å²) in [4.78, 5) is 23.2. The van der Waals surface area contributed by atoms with Gasteiger partial charge in [0, 0.05) is 26.2 Å². The first-order valence-electron chi connectivity index (χ1n) is 5.94. The van der Waals surface area contributed by atoms with Crippen molar-refractivity contribution in [3.8, 4) is 0 Å². The number of alkyl halides is 3. The van der Waals surface area contributed by atoms with Crippen molar-refractivity contribution < 1.29 is 22.9 Å². The number of likely N-dealkylation sites (N-methyl/N-ethyl adjacent to an activating group) is 2. The zero-order valence-corrected chi connectivity index (χ0v) is 12.6. The van der Waals surface area contributed by atoms with Crippen LogP contribution in [0.4, 0.5) is 18.9 Å². The second-order valence-electron chi connectivity index (χ2n) is 4.32. The maximum absolute atomic E-state index is 12.6. The van der Waals surface area contributed by atoms with Crippen molar-refractivity contribution in [3.05, 3.63) is 39.4 Å². The van der Waals surface area contributed by atoms with Crippen molar-refractivity contribution in [3.63, 3.8) is 0 Å². The first-order chi connectivity index (χ1) is 9.68. The van der Waals surface area contributed by atoms with Crippen LogP contribution >= 0.6 is 12.4 Å². The highest BCUT2D eigenvalue weighted by Gasteiger charge is 2.34. The molecule has 22 heavy (non-hydrogen) atoms. The molecule has 0 heterocycles. The molecular weight excluding hydrogens is 327 g/mol. The Hall–Kier alpha value is -1.87. The van der Waals surface area contributed by atoms with Gasteiger partial charge in [0.2, 0.25) is 0 Å². The predicted molar refractivity (Wildman–Crippen MR) is 76.2 cm³/mol. The summed E-state index contributed by atoms with van der Waals surface area (Å²) in [5.41, 5.74) is -2.39. The maximum atomic E-state index is 12.6. The largest absolute Gasteiger partial charge is 0.416 e. The lowest BCUT2D eigenvalue weighted by Gasteiger charge is -2.17. The van der Waals surface area contributed by atoms with Crippen LogP contribution in [0.15, 0.2) is 18.2 Å². The molecule has 0 radical (unpaired) electrons. The van der Waals surface area contributed by atoms with Crippen LogP contribution in [0.1, 0.15) is 15.9 Å². The van der Waals surface area contributed by atoms with Crippen LogP contribution < -0.4 is 5.32 Å². The summed E-state index contributed by atoms with van der Waals surface area (Å²) in [5.74, 6) is -0.703. The van der Waals surface area contributed by atoms with Gasteiger partial charge >= 0.3 is 6.18 Å². The van der Waals surface area contributed by atoms with Crippen LogP contribution in [0, 0.1) is 10.1 Å². The van der Waals surface area contributed by atoms with Crippen LogP contribution in [0.3, 0.4) is 0 Å². The Morgan fingerprint density at radius 2 is 2.00 bits per heavy atom. The molecule has 0 saturated heterocycles. The van der Waals surface area contributed by atoms with Crippen molar-refractivity contribution in [1.82, 2.24) is 10.2 Å².